The summed E-state index contributed by atoms with van der Waals surface area (Å²) in [6.07, 6.45) is 11.1. The molecular formula is C30H50NO4P. The summed E-state index contributed by atoms with van der Waals surface area (Å²) >= 11 is 0. The molecule has 36 heavy (non-hydrogen) atoms. The summed E-state index contributed by atoms with van der Waals surface area (Å²) in [4.78, 5) is 18.1. The number of oxime groups is 1. The molecule has 5 saturated carbocycles. The minimum absolute atomic E-state index is 0.154. The molecule has 5 nitrogen and oxygen atoms in total. The van der Waals surface area contributed by atoms with Crippen LogP contribution in [-0.4, -0.2) is 30.0 Å². The van der Waals surface area contributed by atoms with Crippen LogP contribution in [-0.2, 0) is 14.2 Å². The Labute approximate surface area is 221 Å². The third-order valence-corrected chi connectivity index (χ3v) is 14.1. The minimum atomic E-state index is -0.597. The molecule has 5 aliphatic rings. The molecule has 0 aromatic rings. The van der Waals surface area contributed by atoms with E-state index in [9.17, 15) is 9.90 Å². The van der Waals surface area contributed by atoms with Crippen LogP contribution < -0.4 is 0 Å². The average Bonchev–Trinajstić information content (AvgIpc) is 3.21. The van der Waals surface area contributed by atoms with E-state index in [1.165, 1.54) is 25.7 Å². The van der Waals surface area contributed by atoms with Crippen LogP contribution in [0.5, 0.6) is 0 Å². The molecule has 0 heterocycles. The fourth-order valence-corrected chi connectivity index (χ4v) is 12.3. The maximum absolute atomic E-state index is 12.9. The van der Waals surface area contributed by atoms with Crippen molar-refractivity contribution in [3.05, 3.63) is 0 Å². The van der Waals surface area contributed by atoms with Crippen LogP contribution >= 0.6 is 9.47 Å². The van der Waals surface area contributed by atoms with E-state index in [0.717, 1.165) is 44.2 Å². The molecule has 5 aliphatic carbocycles. The number of hydrogen-bond donors (Lipinski definition) is 1. The molecule has 0 aromatic carbocycles. The van der Waals surface area contributed by atoms with Crippen LogP contribution in [0, 0.1) is 56.7 Å². The quantitative estimate of drug-likeness (QED) is 0.239. The molecule has 6 heteroatoms. The van der Waals surface area contributed by atoms with E-state index < -0.39 is 11.4 Å². The highest BCUT2D eigenvalue weighted by Gasteiger charge is 2.72. The monoisotopic (exact) mass is 519 g/mol. The lowest BCUT2D eigenvalue weighted by atomic mass is 9.32. The predicted octanol–water partition coefficient (Wildman–Crippen LogP) is 7.35. The molecule has 0 saturated heterocycles. The normalized spacial score (nSPS) is 51.9. The molecule has 0 aliphatic heterocycles. The number of carboxylic acid groups (broad SMARTS) is 1. The van der Waals surface area contributed by atoms with Gasteiger partial charge in [-0.2, -0.15) is 0 Å². The summed E-state index contributed by atoms with van der Waals surface area (Å²) in [7, 11) is 4.16. The van der Waals surface area contributed by atoms with Gasteiger partial charge in [-0.25, -0.2) is 0 Å². The summed E-state index contributed by atoms with van der Waals surface area (Å²) < 4.78 is 5.94. The number of carboxylic acids is 1. The second-order valence-electron chi connectivity index (χ2n) is 14.7. The molecule has 204 valence electrons. The van der Waals surface area contributed by atoms with Crippen LogP contribution in [0.15, 0.2) is 5.16 Å². The molecule has 5 fully saturated rings. The Hall–Kier alpha value is -0.670. The Morgan fingerprint density at radius 1 is 0.889 bits per heavy atom. The van der Waals surface area contributed by atoms with Crippen molar-refractivity contribution in [1.82, 2.24) is 0 Å². The van der Waals surface area contributed by atoms with E-state index in [0.29, 0.717) is 29.3 Å². The van der Waals surface area contributed by atoms with E-state index in [-0.39, 0.29) is 28.1 Å². The van der Waals surface area contributed by atoms with Crippen LogP contribution in [0.2, 0.25) is 0 Å². The third kappa shape index (κ3) is 3.26. The Bertz CT molecular complexity index is 936. The molecule has 0 aromatic heterocycles. The summed E-state index contributed by atoms with van der Waals surface area (Å²) in [6, 6.07) is 0. The van der Waals surface area contributed by atoms with Crippen molar-refractivity contribution >= 4 is 21.1 Å². The largest absolute Gasteiger partial charge is 0.481 e. The zero-order chi connectivity index (χ0) is 26.3. The van der Waals surface area contributed by atoms with Crippen molar-refractivity contribution in [2.24, 2.45) is 61.8 Å². The smallest absolute Gasteiger partial charge is 0.309 e. The highest BCUT2D eigenvalue weighted by atomic mass is 31.0. The molecule has 0 amide bonds. The number of carbonyl (C=O) groups is 1. The molecule has 1 N–H and O–H groups in total. The summed E-state index contributed by atoms with van der Waals surface area (Å²) in [6.45, 7) is 14.8. The zero-order valence-electron chi connectivity index (χ0n) is 23.7. The summed E-state index contributed by atoms with van der Waals surface area (Å²) in [5.74, 6) is 1.58. The number of nitrogens with zero attached hydrogens (tertiary/aromatic N) is 1. The summed E-state index contributed by atoms with van der Waals surface area (Å²) in [5.41, 5.74) is 1.27. The number of hydrogen-bond acceptors (Lipinski definition) is 4. The third-order valence-electron chi connectivity index (χ3n) is 13.7. The highest BCUT2D eigenvalue weighted by molar-refractivity contribution is 7.09. The first kappa shape index (κ1) is 26.9. The maximum atomic E-state index is 12.9. The highest BCUT2D eigenvalue weighted by Crippen LogP contribution is 2.77. The predicted molar refractivity (Wildman–Crippen MR) is 146 cm³/mol. The average molecular weight is 520 g/mol. The van der Waals surface area contributed by atoms with Gasteiger partial charge in [0.15, 0.2) is 0 Å². The molecule has 5 unspecified atom stereocenters. The standard InChI is InChI=1S/C30H50NO4P/c1-18(31-34-7)19-10-15-30(25(32)33)17-16-28(5)20(24(19)30)8-9-22-27(4)13-12-23(35-36)26(2,3)21(27)11-14-29(22,28)6/h19-24H,8-17,36H2,1-7H3,(H,32,33)/b31-18-/t19-,20?,21?,22?,23-,24?,27-,28+,29+,30-/m0/s1. The van der Waals surface area contributed by atoms with E-state index in [4.69, 9.17) is 9.36 Å². The van der Waals surface area contributed by atoms with Gasteiger partial charge in [-0.15, -0.1) is 0 Å². The summed E-state index contributed by atoms with van der Waals surface area (Å²) in [5, 5.41) is 15.0. The van der Waals surface area contributed by atoms with Crippen molar-refractivity contribution < 1.29 is 19.3 Å². The van der Waals surface area contributed by atoms with Gasteiger partial charge in [-0.3, -0.25) is 4.79 Å². The number of aliphatic carboxylic acids is 1. The lowest BCUT2D eigenvalue weighted by Gasteiger charge is -2.72. The number of fused-ring (bicyclic) bond motifs is 7. The first-order valence-electron chi connectivity index (χ1n) is 14.5. The van der Waals surface area contributed by atoms with Crippen LogP contribution in [0.25, 0.3) is 0 Å². The van der Waals surface area contributed by atoms with Gasteiger partial charge in [0.25, 0.3) is 0 Å². The van der Waals surface area contributed by atoms with Gasteiger partial charge in [0.05, 0.1) is 17.2 Å². The Kier molecular flexibility index (Phi) is 6.48. The van der Waals surface area contributed by atoms with Crippen LogP contribution in [0.4, 0.5) is 0 Å². The van der Waals surface area contributed by atoms with Crippen molar-refractivity contribution in [3.8, 4) is 0 Å². The second kappa shape index (κ2) is 8.67. The van der Waals surface area contributed by atoms with Gasteiger partial charge in [0.1, 0.15) is 7.11 Å². The van der Waals surface area contributed by atoms with Crippen molar-refractivity contribution in [3.63, 3.8) is 0 Å². The van der Waals surface area contributed by atoms with Crippen LogP contribution in [0.1, 0.15) is 106 Å². The SMILES string of the molecule is CO/N=C(/C)[C@@H]1CC[C@]2(C(=O)O)CC[C@]3(C)C(CCC4[C@@]5(C)CC[C@H](OP)C(C)(C)C5CC[C@]43C)C12. The topological polar surface area (TPSA) is 68.1 Å². The van der Waals surface area contributed by atoms with Crippen molar-refractivity contribution in [2.75, 3.05) is 7.11 Å². The lowest BCUT2D eigenvalue weighted by molar-refractivity contribution is -0.245. The van der Waals surface area contributed by atoms with E-state index in [1.807, 2.05) is 0 Å². The van der Waals surface area contributed by atoms with Gasteiger partial charge < -0.3 is 14.5 Å². The Balaban J connectivity index is 1.55. The number of rotatable bonds is 4. The Morgan fingerprint density at radius 2 is 1.61 bits per heavy atom. The fourth-order valence-electron chi connectivity index (χ4n) is 11.9. The van der Waals surface area contributed by atoms with Gasteiger partial charge in [0, 0.05) is 15.4 Å². The zero-order valence-corrected chi connectivity index (χ0v) is 24.9. The maximum Gasteiger partial charge on any atom is 0.309 e. The second-order valence-corrected chi connectivity index (χ2v) is 15.0. The van der Waals surface area contributed by atoms with Crippen LogP contribution in [0.3, 0.4) is 0 Å². The molecule has 5 rings (SSSR count). The Morgan fingerprint density at radius 3 is 2.25 bits per heavy atom. The first-order chi connectivity index (χ1) is 16.8. The first-order valence-corrected chi connectivity index (χ1v) is 15.0. The van der Waals surface area contributed by atoms with Gasteiger partial charge in [-0.1, -0.05) is 39.8 Å². The van der Waals surface area contributed by atoms with Gasteiger partial charge >= 0.3 is 5.97 Å². The van der Waals surface area contributed by atoms with E-state index in [2.05, 4.69) is 56.2 Å². The van der Waals surface area contributed by atoms with Crippen molar-refractivity contribution in [1.29, 1.82) is 0 Å². The molecule has 0 radical (unpaired) electrons. The fraction of sp³-hybridized carbons (Fsp3) is 0.933. The van der Waals surface area contributed by atoms with Gasteiger partial charge in [0.2, 0.25) is 0 Å². The van der Waals surface area contributed by atoms with E-state index >= 15 is 0 Å². The minimum Gasteiger partial charge on any atom is -0.481 e. The molecule has 11 atom stereocenters. The molecular weight excluding hydrogens is 469 g/mol. The van der Waals surface area contributed by atoms with E-state index in [1.54, 1.807) is 7.11 Å². The lowest BCUT2D eigenvalue weighted by Crippen LogP contribution is -2.67. The van der Waals surface area contributed by atoms with Gasteiger partial charge in [-0.05, 0) is 116 Å². The van der Waals surface area contributed by atoms with Crippen molar-refractivity contribution in [2.45, 2.75) is 112 Å². The molecule has 0 bridgehead atoms. The molecule has 0 spiro atoms.